The number of likely N-dealkylation sites (tertiary alicyclic amines) is 1. The molecule has 0 N–H and O–H groups in total. The first-order valence-corrected chi connectivity index (χ1v) is 7.93. The molecule has 0 bridgehead atoms. The third-order valence-electron chi connectivity index (χ3n) is 5.22. The van der Waals surface area contributed by atoms with Gasteiger partial charge in [-0.3, -0.25) is 9.48 Å². The van der Waals surface area contributed by atoms with Gasteiger partial charge >= 0.3 is 0 Å². The van der Waals surface area contributed by atoms with Gasteiger partial charge in [-0.15, -0.1) is 5.10 Å². The number of hydrogen-bond acceptors (Lipinski definition) is 4. The minimum Gasteiger partial charge on any atom is -0.380 e. The Morgan fingerprint density at radius 1 is 1.43 bits per heavy atom. The molecule has 6 nitrogen and oxygen atoms in total. The SMILES string of the molecule is CC1(Cn2cc(C(=O)N3CC[C@@H]4CCC[C@@H]43)nn2)COC1. The zero-order chi connectivity index (χ0) is 14.4. The Labute approximate surface area is 124 Å². The third kappa shape index (κ3) is 2.25. The van der Waals surface area contributed by atoms with Crippen LogP contribution in [0, 0.1) is 11.3 Å². The average Bonchev–Trinajstić information content (AvgIpc) is 3.11. The number of fused-ring (bicyclic) bond motifs is 1. The maximum Gasteiger partial charge on any atom is 0.276 e. The maximum absolute atomic E-state index is 12.6. The fourth-order valence-electron chi connectivity index (χ4n) is 4.04. The molecule has 114 valence electrons. The van der Waals surface area contributed by atoms with E-state index in [4.69, 9.17) is 4.74 Å². The van der Waals surface area contributed by atoms with Crippen molar-refractivity contribution in [2.45, 2.75) is 45.2 Å². The van der Waals surface area contributed by atoms with Crippen molar-refractivity contribution in [2.24, 2.45) is 11.3 Å². The molecule has 0 spiro atoms. The summed E-state index contributed by atoms with van der Waals surface area (Å²) in [6.45, 7) is 5.33. The number of ether oxygens (including phenoxy) is 1. The molecular weight excluding hydrogens is 268 g/mol. The lowest BCUT2D eigenvalue weighted by Crippen LogP contribution is -2.43. The number of hydrogen-bond donors (Lipinski definition) is 0. The quantitative estimate of drug-likeness (QED) is 0.842. The minimum absolute atomic E-state index is 0.0608. The number of amides is 1. The number of carbonyl (C=O) groups excluding carboxylic acids is 1. The van der Waals surface area contributed by atoms with E-state index in [0.29, 0.717) is 11.7 Å². The van der Waals surface area contributed by atoms with E-state index >= 15 is 0 Å². The molecule has 0 unspecified atom stereocenters. The first kappa shape index (κ1) is 13.2. The van der Waals surface area contributed by atoms with Crippen LogP contribution in [0.1, 0.15) is 43.1 Å². The van der Waals surface area contributed by atoms with Crippen LogP contribution >= 0.6 is 0 Å². The molecule has 1 aromatic heterocycles. The van der Waals surface area contributed by atoms with Crippen molar-refractivity contribution in [1.29, 1.82) is 0 Å². The van der Waals surface area contributed by atoms with Crippen LogP contribution in [-0.4, -0.2) is 51.6 Å². The summed E-state index contributed by atoms with van der Waals surface area (Å²) in [7, 11) is 0. The number of nitrogens with zero attached hydrogens (tertiary/aromatic N) is 4. The van der Waals surface area contributed by atoms with Gasteiger partial charge in [-0.25, -0.2) is 0 Å². The fraction of sp³-hybridized carbons (Fsp3) is 0.800. The Hall–Kier alpha value is -1.43. The van der Waals surface area contributed by atoms with Gasteiger partial charge in [-0.05, 0) is 25.2 Å². The van der Waals surface area contributed by atoms with E-state index < -0.39 is 0 Å². The molecule has 2 atom stereocenters. The highest BCUT2D eigenvalue weighted by Gasteiger charge is 2.41. The van der Waals surface area contributed by atoms with Gasteiger partial charge in [0.1, 0.15) is 0 Å². The molecule has 3 aliphatic rings. The average molecular weight is 290 g/mol. The molecule has 0 radical (unpaired) electrons. The summed E-state index contributed by atoms with van der Waals surface area (Å²) in [5, 5.41) is 8.22. The zero-order valence-electron chi connectivity index (χ0n) is 12.5. The molecule has 0 aromatic carbocycles. The number of aromatic nitrogens is 3. The molecule has 6 heteroatoms. The summed E-state index contributed by atoms with van der Waals surface area (Å²) in [6, 6.07) is 0.445. The van der Waals surface area contributed by atoms with Crippen molar-refractivity contribution < 1.29 is 9.53 Å². The lowest BCUT2D eigenvalue weighted by Gasteiger charge is -2.37. The number of carbonyl (C=O) groups is 1. The highest BCUT2D eigenvalue weighted by molar-refractivity contribution is 5.92. The van der Waals surface area contributed by atoms with Gasteiger partial charge in [0, 0.05) is 18.0 Å². The Morgan fingerprint density at radius 2 is 2.29 bits per heavy atom. The van der Waals surface area contributed by atoms with E-state index in [1.54, 1.807) is 10.9 Å². The van der Waals surface area contributed by atoms with Gasteiger partial charge in [-0.1, -0.05) is 18.6 Å². The van der Waals surface area contributed by atoms with E-state index in [0.717, 1.165) is 45.1 Å². The molecule has 1 amide bonds. The third-order valence-corrected chi connectivity index (χ3v) is 5.22. The van der Waals surface area contributed by atoms with Crippen LogP contribution in [0.4, 0.5) is 0 Å². The highest BCUT2D eigenvalue weighted by Crippen LogP contribution is 2.38. The van der Waals surface area contributed by atoms with Crippen molar-refractivity contribution in [1.82, 2.24) is 19.9 Å². The standard InChI is InChI=1S/C15H22N4O2/c1-15(9-21-10-15)8-18-7-12(16-17-18)14(20)19-6-5-11-3-2-4-13(11)19/h7,11,13H,2-6,8-10H2,1H3/t11-,13-/m0/s1. The second-order valence-electron chi connectivity index (χ2n) is 7.15. The van der Waals surface area contributed by atoms with Gasteiger partial charge in [0.2, 0.25) is 0 Å². The van der Waals surface area contributed by atoms with Crippen LogP contribution in [0.2, 0.25) is 0 Å². The number of rotatable bonds is 3. The Bertz CT molecular complexity index is 552. The van der Waals surface area contributed by atoms with Crippen LogP contribution < -0.4 is 0 Å². The summed E-state index contributed by atoms with van der Waals surface area (Å²) in [5.41, 5.74) is 0.629. The molecule has 2 saturated heterocycles. The van der Waals surface area contributed by atoms with E-state index in [1.165, 1.54) is 12.8 Å². The lowest BCUT2D eigenvalue weighted by molar-refractivity contribution is -0.111. The molecule has 3 fully saturated rings. The van der Waals surface area contributed by atoms with Crippen LogP contribution in [0.25, 0.3) is 0 Å². The molecule has 1 aromatic rings. The highest BCUT2D eigenvalue weighted by atomic mass is 16.5. The summed E-state index contributed by atoms with van der Waals surface area (Å²) in [5.74, 6) is 0.778. The van der Waals surface area contributed by atoms with E-state index in [9.17, 15) is 4.79 Å². The molecule has 4 rings (SSSR count). The Balaban J connectivity index is 1.46. The monoisotopic (exact) mass is 290 g/mol. The van der Waals surface area contributed by atoms with Crippen LogP contribution in [0.15, 0.2) is 6.20 Å². The molecule has 2 aliphatic heterocycles. The maximum atomic E-state index is 12.6. The van der Waals surface area contributed by atoms with Gasteiger partial charge in [0.25, 0.3) is 5.91 Å². The molecule has 1 saturated carbocycles. The van der Waals surface area contributed by atoms with Crippen LogP contribution in [0.5, 0.6) is 0 Å². The lowest BCUT2D eigenvalue weighted by atomic mass is 9.89. The fourth-order valence-corrected chi connectivity index (χ4v) is 4.04. The second-order valence-corrected chi connectivity index (χ2v) is 7.15. The smallest absolute Gasteiger partial charge is 0.276 e. The molecule has 1 aliphatic carbocycles. The van der Waals surface area contributed by atoms with E-state index in [-0.39, 0.29) is 11.3 Å². The van der Waals surface area contributed by atoms with Crippen molar-refractivity contribution in [3.8, 4) is 0 Å². The predicted octanol–water partition coefficient (Wildman–Crippen LogP) is 1.33. The normalized spacial score (nSPS) is 30.2. The topological polar surface area (TPSA) is 60.2 Å². The first-order chi connectivity index (χ1) is 10.1. The largest absolute Gasteiger partial charge is 0.380 e. The molecule has 3 heterocycles. The minimum atomic E-state index is 0.0608. The van der Waals surface area contributed by atoms with Gasteiger partial charge in [0.05, 0.1) is 26.0 Å². The predicted molar refractivity (Wildman–Crippen MR) is 75.7 cm³/mol. The first-order valence-electron chi connectivity index (χ1n) is 7.93. The van der Waals surface area contributed by atoms with E-state index in [1.807, 2.05) is 4.90 Å². The van der Waals surface area contributed by atoms with E-state index in [2.05, 4.69) is 17.2 Å². The summed E-state index contributed by atoms with van der Waals surface area (Å²) in [4.78, 5) is 14.7. The Morgan fingerprint density at radius 3 is 3.05 bits per heavy atom. The van der Waals surface area contributed by atoms with Crippen molar-refractivity contribution in [3.05, 3.63) is 11.9 Å². The summed E-state index contributed by atoms with van der Waals surface area (Å²) >= 11 is 0. The van der Waals surface area contributed by atoms with Crippen LogP contribution in [-0.2, 0) is 11.3 Å². The van der Waals surface area contributed by atoms with Gasteiger partial charge in [-0.2, -0.15) is 0 Å². The second kappa shape index (κ2) is 4.80. The zero-order valence-corrected chi connectivity index (χ0v) is 12.5. The van der Waals surface area contributed by atoms with Crippen LogP contribution in [0.3, 0.4) is 0 Å². The van der Waals surface area contributed by atoms with Gasteiger partial charge in [0.15, 0.2) is 5.69 Å². The van der Waals surface area contributed by atoms with Crippen molar-refractivity contribution in [2.75, 3.05) is 19.8 Å². The summed E-state index contributed by atoms with van der Waals surface area (Å²) < 4.78 is 7.05. The molecular formula is C15H22N4O2. The van der Waals surface area contributed by atoms with Gasteiger partial charge < -0.3 is 9.64 Å². The summed E-state index contributed by atoms with van der Waals surface area (Å²) in [6.07, 6.45) is 6.64. The molecule has 21 heavy (non-hydrogen) atoms. The van der Waals surface area contributed by atoms with Crippen molar-refractivity contribution >= 4 is 5.91 Å². The Kier molecular flexibility index (Phi) is 3.03. The van der Waals surface area contributed by atoms with Crippen molar-refractivity contribution in [3.63, 3.8) is 0 Å².